The first kappa shape index (κ1) is 14.6. The predicted octanol–water partition coefficient (Wildman–Crippen LogP) is 2.12. The summed E-state index contributed by atoms with van der Waals surface area (Å²) in [5.74, 6) is -0.305. The zero-order chi connectivity index (χ0) is 16.2. The van der Waals surface area contributed by atoms with E-state index < -0.39 is 0 Å². The van der Waals surface area contributed by atoms with Crippen LogP contribution in [-0.4, -0.2) is 31.9 Å². The third kappa shape index (κ3) is 3.29. The Hall–Kier alpha value is -3.35. The van der Waals surface area contributed by atoms with E-state index in [1.807, 2.05) is 0 Å². The molecule has 3 rings (SSSR count). The maximum Gasteiger partial charge on any atom is 0.255 e. The number of ketones is 1. The Labute approximate surface area is 131 Å². The lowest BCUT2D eigenvalue weighted by molar-refractivity contribution is 0.101. The van der Waals surface area contributed by atoms with Gasteiger partial charge in [0.25, 0.3) is 5.91 Å². The van der Waals surface area contributed by atoms with Gasteiger partial charge in [-0.05, 0) is 53.7 Å². The molecule has 0 unspecified atom stereocenters. The van der Waals surface area contributed by atoms with Crippen LogP contribution in [0.25, 0.3) is 5.69 Å². The number of carbonyl (C=O) groups excluding carboxylic acids is 2. The normalized spacial score (nSPS) is 10.3. The second-order valence-corrected chi connectivity index (χ2v) is 4.89. The topological polar surface area (TPSA) is 89.8 Å². The molecule has 0 atom stereocenters. The highest BCUT2D eigenvalue weighted by Crippen LogP contribution is 2.14. The van der Waals surface area contributed by atoms with Crippen molar-refractivity contribution in [1.29, 1.82) is 0 Å². The SMILES string of the molecule is CC(=O)c1cccc(NC(=O)c2ccc(-n3cnnn3)cc2)c1. The van der Waals surface area contributed by atoms with Gasteiger partial charge in [-0.1, -0.05) is 12.1 Å². The summed E-state index contributed by atoms with van der Waals surface area (Å²) < 4.78 is 1.50. The lowest BCUT2D eigenvalue weighted by Crippen LogP contribution is -2.12. The molecule has 0 radical (unpaired) electrons. The van der Waals surface area contributed by atoms with Crippen molar-refractivity contribution in [2.45, 2.75) is 6.92 Å². The van der Waals surface area contributed by atoms with Crippen molar-refractivity contribution in [2.24, 2.45) is 0 Å². The van der Waals surface area contributed by atoms with Crippen molar-refractivity contribution in [3.63, 3.8) is 0 Å². The van der Waals surface area contributed by atoms with Gasteiger partial charge in [0.2, 0.25) is 0 Å². The largest absolute Gasteiger partial charge is 0.322 e. The average Bonchev–Trinajstić information content (AvgIpc) is 3.09. The van der Waals surface area contributed by atoms with Crippen LogP contribution in [-0.2, 0) is 0 Å². The molecule has 1 amide bonds. The molecule has 3 aromatic rings. The molecule has 1 heterocycles. The molecule has 1 aromatic heterocycles. The minimum absolute atomic E-state index is 0.0492. The van der Waals surface area contributed by atoms with E-state index in [2.05, 4.69) is 20.8 Å². The number of aromatic nitrogens is 4. The molecule has 7 heteroatoms. The molecule has 0 fully saturated rings. The van der Waals surface area contributed by atoms with E-state index in [4.69, 9.17) is 0 Å². The van der Waals surface area contributed by atoms with Gasteiger partial charge in [-0.15, -0.1) is 5.10 Å². The smallest absolute Gasteiger partial charge is 0.255 e. The summed E-state index contributed by atoms with van der Waals surface area (Å²) in [5, 5.41) is 13.7. The fraction of sp³-hybridized carbons (Fsp3) is 0.0625. The Morgan fingerprint density at radius 1 is 1.04 bits per heavy atom. The first-order valence-electron chi connectivity index (χ1n) is 6.89. The summed E-state index contributed by atoms with van der Waals surface area (Å²) in [6, 6.07) is 13.7. The number of tetrazole rings is 1. The molecule has 0 saturated heterocycles. The van der Waals surface area contributed by atoms with Crippen molar-refractivity contribution in [1.82, 2.24) is 20.2 Å². The van der Waals surface area contributed by atoms with Crippen LogP contribution in [0.5, 0.6) is 0 Å². The number of hydrogen-bond donors (Lipinski definition) is 1. The van der Waals surface area contributed by atoms with Crippen molar-refractivity contribution in [2.75, 3.05) is 5.32 Å². The lowest BCUT2D eigenvalue weighted by atomic mass is 10.1. The first-order valence-corrected chi connectivity index (χ1v) is 6.89. The highest BCUT2D eigenvalue weighted by atomic mass is 16.1. The van der Waals surface area contributed by atoms with Crippen LogP contribution in [0.15, 0.2) is 54.9 Å². The molecule has 1 N–H and O–H groups in total. The van der Waals surface area contributed by atoms with Crippen molar-refractivity contribution in [3.05, 3.63) is 66.0 Å². The number of nitrogens with one attached hydrogen (secondary N) is 1. The minimum atomic E-state index is -0.256. The van der Waals surface area contributed by atoms with Gasteiger partial charge in [0.15, 0.2) is 5.78 Å². The van der Waals surface area contributed by atoms with Crippen molar-refractivity contribution in [3.8, 4) is 5.69 Å². The van der Waals surface area contributed by atoms with E-state index >= 15 is 0 Å². The lowest BCUT2D eigenvalue weighted by Gasteiger charge is -2.07. The first-order chi connectivity index (χ1) is 11.1. The fourth-order valence-electron chi connectivity index (χ4n) is 2.06. The Morgan fingerprint density at radius 2 is 1.83 bits per heavy atom. The number of amides is 1. The number of anilines is 1. The summed E-state index contributed by atoms with van der Waals surface area (Å²) in [6.07, 6.45) is 1.47. The molecule has 0 bridgehead atoms. The minimum Gasteiger partial charge on any atom is -0.322 e. The van der Waals surface area contributed by atoms with Gasteiger partial charge in [-0.2, -0.15) is 0 Å². The molecule has 23 heavy (non-hydrogen) atoms. The van der Waals surface area contributed by atoms with Crippen LogP contribution < -0.4 is 5.32 Å². The molecular weight excluding hydrogens is 294 g/mol. The molecule has 0 aliphatic rings. The van der Waals surface area contributed by atoms with Crippen LogP contribution >= 0.6 is 0 Å². The van der Waals surface area contributed by atoms with E-state index in [0.29, 0.717) is 16.8 Å². The summed E-state index contributed by atoms with van der Waals surface area (Å²) in [5.41, 5.74) is 2.38. The van der Waals surface area contributed by atoms with Gasteiger partial charge in [0.05, 0.1) is 5.69 Å². The number of nitrogens with zero attached hydrogens (tertiary/aromatic N) is 4. The Balaban J connectivity index is 1.76. The second-order valence-electron chi connectivity index (χ2n) is 4.89. The van der Waals surface area contributed by atoms with Crippen LogP contribution in [0.1, 0.15) is 27.6 Å². The summed E-state index contributed by atoms with van der Waals surface area (Å²) >= 11 is 0. The van der Waals surface area contributed by atoms with Gasteiger partial charge in [-0.3, -0.25) is 9.59 Å². The average molecular weight is 307 g/mol. The van der Waals surface area contributed by atoms with Gasteiger partial charge in [-0.25, -0.2) is 4.68 Å². The third-order valence-electron chi connectivity index (χ3n) is 3.27. The number of hydrogen-bond acceptors (Lipinski definition) is 5. The van der Waals surface area contributed by atoms with Crippen LogP contribution in [0, 0.1) is 0 Å². The summed E-state index contributed by atoms with van der Waals surface area (Å²) in [4.78, 5) is 23.6. The van der Waals surface area contributed by atoms with Gasteiger partial charge >= 0.3 is 0 Å². The molecule has 0 aliphatic heterocycles. The zero-order valence-corrected chi connectivity index (χ0v) is 12.3. The Kier molecular flexibility index (Phi) is 3.92. The number of Topliss-reactive ketones (excluding diaryl/α,β-unsaturated/α-hetero) is 1. The van der Waals surface area contributed by atoms with Gasteiger partial charge in [0, 0.05) is 16.8 Å². The molecule has 114 valence electrons. The van der Waals surface area contributed by atoms with E-state index in [0.717, 1.165) is 5.69 Å². The van der Waals surface area contributed by atoms with Crippen molar-refractivity contribution >= 4 is 17.4 Å². The van der Waals surface area contributed by atoms with Gasteiger partial charge in [0.1, 0.15) is 6.33 Å². The molecular formula is C16H13N5O2. The van der Waals surface area contributed by atoms with E-state index in [1.54, 1.807) is 48.5 Å². The van der Waals surface area contributed by atoms with E-state index in [-0.39, 0.29) is 11.7 Å². The summed E-state index contributed by atoms with van der Waals surface area (Å²) in [6.45, 7) is 1.48. The Morgan fingerprint density at radius 3 is 2.48 bits per heavy atom. The predicted molar refractivity (Wildman–Crippen MR) is 83.6 cm³/mol. The molecule has 2 aromatic carbocycles. The van der Waals surface area contributed by atoms with Gasteiger partial charge < -0.3 is 5.32 Å². The Bertz CT molecular complexity index is 841. The molecule has 0 spiro atoms. The second kappa shape index (κ2) is 6.18. The maximum absolute atomic E-state index is 12.2. The zero-order valence-electron chi connectivity index (χ0n) is 12.3. The highest BCUT2D eigenvalue weighted by Gasteiger charge is 2.08. The van der Waals surface area contributed by atoms with E-state index in [9.17, 15) is 9.59 Å². The number of carbonyl (C=O) groups is 2. The van der Waals surface area contributed by atoms with Crippen LogP contribution in [0.3, 0.4) is 0 Å². The van der Waals surface area contributed by atoms with Crippen LogP contribution in [0.4, 0.5) is 5.69 Å². The standard InChI is InChI=1S/C16H13N5O2/c1-11(22)13-3-2-4-14(9-13)18-16(23)12-5-7-15(8-6-12)21-10-17-19-20-21/h2-10H,1H3,(H,18,23). The molecule has 7 nitrogen and oxygen atoms in total. The fourth-order valence-corrected chi connectivity index (χ4v) is 2.06. The molecule has 0 aliphatic carbocycles. The number of rotatable bonds is 4. The quantitative estimate of drug-likeness (QED) is 0.746. The van der Waals surface area contributed by atoms with Crippen molar-refractivity contribution < 1.29 is 9.59 Å². The third-order valence-corrected chi connectivity index (χ3v) is 3.27. The van der Waals surface area contributed by atoms with Crippen LogP contribution in [0.2, 0.25) is 0 Å². The monoisotopic (exact) mass is 307 g/mol. The molecule has 0 saturated carbocycles. The number of benzene rings is 2. The maximum atomic E-state index is 12.2. The summed E-state index contributed by atoms with van der Waals surface area (Å²) in [7, 11) is 0. The van der Waals surface area contributed by atoms with E-state index in [1.165, 1.54) is 17.9 Å². The highest BCUT2D eigenvalue weighted by molar-refractivity contribution is 6.05.